The second-order valence-electron chi connectivity index (χ2n) is 8.56. The zero-order valence-corrected chi connectivity index (χ0v) is 17.0. The number of carbonyl (C=O) groups is 1. The number of furan rings is 1. The highest BCUT2D eigenvalue weighted by atomic mass is 16.3. The highest BCUT2D eigenvalue weighted by molar-refractivity contribution is 5.95. The molecule has 5 rings (SSSR count). The van der Waals surface area contributed by atoms with E-state index in [4.69, 9.17) is 4.42 Å². The van der Waals surface area contributed by atoms with E-state index in [1.165, 1.54) is 0 Å². The van der Waals surface area contributed by atoms with Crippen molar-refractivity contribution in [1.82, 2.24) is 4.90 Å². The van der Waals surface area contributed by atoms with Crippen molar-refractivity contribution in [3.63, 3.8) is 0 Å². The third-order valence-electron chi connectivity index (χ3n) is 6.93. The van der Waals surface area contributed by atoms with Crippen LogP contribution in [0.4, 0.5) is 0 Å². The Balaban J connectivity index is 1.45. The Kier molecular flexibility index (Phi) is 4.95. The molecule has 2 aliphatic rings. The van der Waals surface area contributed by atoms with Crippen molar-refractivity contribution in [1.29, 1.82) is 0 Å². The third-order valence-corrected chi connectivity index (χ3v) is 6.93. The summed E-state index contributed by atoms with van der Waals surface area (Å²) in [4.78, 5) is 15.6. The van der Waals surface area contributed by atoms with Crippen LogP contribution in [0, 0.1) is 5.92 Å². The second kappa shape index (κ2) is 7.77. The summed E-state index contributed by atoms with van der Waals surface area (Å²) in [5.41, 5.74) is 1.70. The van der Waals surface area contributed by atoms with Crippen molar-refractivity contribution in [3.05, 3.63) is 84.1 Å². The van der Waals surface area contributed by atoms with Gasteiger partial charge in [-0.1, -0.05) is 55.3 Å². The van der Waals surface area contributed by atoms with E-state index in [1.54, 1.807) is 6.26 Å². The van der Waals surface area contributed by atoms with Crippen molar-refractivity contribution in [3.8, 4) is 11.3 Å². The molecule has 2 aromatic carbocycles. The number of nitrogens with zero attached hydrogens (tertiary/aromatic N) is 1. The number of hydrogen-bond donors (Lipinski definition) is 1. The van der Waals surface area contributed by atoms with Crippen LogP contribution in [0.2, 0.25) is 0 Å². The van der Waals surface area contributed by atoms with Crippen LogP contribution in [0.15, 0.2) is 77.4 Å². The number of benzene rings is 2. The molecule has 3 aromatic rings. The zero-order chi connectivity index (χ0) is 20.6. The number of hydrogen-bond acceptors (Lipinski definition) is 3. The van der Waals surface area contributed by atoms with E-state index in [-0.39, 0.29) is 17.9 Å². The Hall–Kier alpha value is -2.85. The number of piperidine rings is 1. The number of rotatable bonds is 3. The highest BCUT2D eigenvalue weighted by Crippen LogP contribution is 2.47. The van der Waals surface area contributed by atoms with Crippen LogP contribution in [0.1, 0.15) is 48.0 Å². The molecule has 30 heavy (non-hydrogen) atoms. The molecular weight excluding hydrogens is 374 g/mol. The van der Waals surface area contributed by atoms with Crippen LogP contribution < -0.4 is 0 Å². The Morgan fingerprint density at radius 1 is 1.00 bits per heavy atom. The highest BCUT2D eigenvalue weighted by Gasteiger charge is 2.50. The quantitative estimate of drug-likeness (QED) is 0.653. The van der Waals surface area contributed by atoms with Crippen LogP contribution in [0.25, 0.3) is 11.3 Å². The Bertz CT molecular complexity index is 1010. The standard InChI is InChI=1S/C26H27NO3/c28-25(20-9-6-8-19(18-20)24-14-7-17-30-24)27-16-15-26(29,21-10-2-1-3-11-21)22-12-4-5-13-23(22)27/h1-3,6-11,14,17-18,22-23,29H,4-5,12-13,15-16H2/t22-,23+,26?/m1/s1. The van der Waals surface area contributed by atoms with Crippen molar-refractivity contribution in [2.75, 3.05) is 6.54 Å². The smallest absolute Gasteiger partial charge is 0.254 e. The Morgan fingerprint density at radius 2 is 1.83 bits per heavy atom. The van der Waals surface area contributed by atoms with Crippen LogP contribution in [0.5, 0.6) is 0 Å². The van der Waals surface area contributed by atoms with Gasteiger partial charge in [-0.2, -0.15) is 0 Å². The van der Waals surface area contributed by atoms with Crippen LogP contribution in [-0.2, 0) is 5.60 Å². The van der Waals surface area contributed by atoms with Gasteiger partial charge in [0.15, 0.2) is 0 Å². The van der Waals surface area contributed by atoms with Crippen molar-refractivity contribution in [2.24, 2.45) is 5.92 Å². The Morgan fingerprint density at radius 3 is 2.63 bits per heavy atom. The minimum atomic E-state index is -0.862. The molecule has 4 heteroatoms. The van der Waals surface area contributed by atoms with E-state index >= 15 is 0 Å². The topological polar surface area (TPSA) is 53.7 Å². The zero-order valence-electron chi connectivity index (χ0n) is 17.0. The van der Waals surface area contributed by atoms with Gasteiger partial charge in [0, 0.05) is 29.6 Å². The lowest BCUT2D eigenvalue weighted by Crippen LogP contribution is -2.59. The van der Waals surface area contributed by atoms with E-state index in [9.17, 15) is 9.90 Å². The van der Waals surface area contributed by atoms with Gasteiger partial charge in [0.05, 0.1) is 11.9 Å². The van der Waals surface area contributed by atoms with Crippen LogP contribution in [0.3, 0.4) is 0 Å². The molecule has 3 atom stereocenters. The lowest BCUT2D eigenvalue weighted by molar-refractivity contribution is -0.110. The summed E-state index contributed by atoms with van der Waals surface area (Å²) in [5, 5.41) is 11.7. The minimum Gasteiger partial charge on any atom is -0.464 e. The summed E-state index contributed by atoms with van der Waals surface area (Å²) < 4.78 is 5.50. The lowest BCUT2D eigenvalue weighted by atomic mass is 9.66. The summed E-state index contributed by atoms with van der Waals surface area (Å²) in [5.74, 6) is 0.882. The molecule has 154 valence electrons. The monoisotopic (exact) mass is 401 g/mol. The fraction of sp³-hybridized carbons (Fsp3) is 0.346. The summed E-state index contributed by atoms with van der Waals surface area (Å²) in [6.45, 7) is 0.566. The molecule has 1 aliphatic heterocycles. The van der Waals surface area contributed by atoms with Gasteiger partial charge in [0.25, 0.3) is 5.91 Å². The number of carbonyl (C=O) groups excluding carboxylic acids is 1. The first-order valence-corrected chi connectivity index (χ1v) is 10.9. The summed E-state index contributed by atoms with van der Waals surface area (Å²) in [7, 11) is 0. The second-order valence-corrected chi connectivity index (χ2v) is 8.56. The van der Waals surface area contributed by atoms with Crippen molar-refractivity contribution >= 4 is 5.91 Å². The Labute approximate surface area is 177 Å². The molecule has 1 aliphatic carbocycles. The summed E-state index contributed by atoms with van der Waals surface area (Å²) in [6.07, 6.45) is 6.32. The molecule has 1 aromatic heterocycles. The molecule has 1 saturated carbocycles. The normalized spacial score (nSPS) is 26.2. The molecule has 2 fully saturated rings. The predicted molar refractivity (Wildman–Crippen MR) is 116 cm³/mol. The van der Waals surface area contributed by atoms with E-state index < -0.39 is 5.60 Å². The molecular formula is C26H27NO3. The first-order valence-electron chi connectivity index (χ1n) is 10.9. The fourth-order valence-electron chi connectivity index (χ4n) is 5.43. The first-order chi connectivity index (χ1) is 14.7. The van der Waals surface area contributed by atoms with Gasteiger partial charge in [-0.3, -0.25) is 4.79 Å². The van der Waals surface area contributed by atoms with Gasteiger partial charge in [-0.25, -0.2) is 0 Å². The molecule has 0 radical (unpaired) electrons. The summed E-state index contributed by atoms with van der Waals surface area (Å²) >= 11 is 0. The molecule has 1 unspecified atom stereocenters. The molecule has 1 N–H and O–H groups in total. The van der Waals surface area contributed by atoms with Gasteiger partial charge in [0.2, 0.25) is 0 Å². The van der Waals surface area contributed by atoms with Gasteiger partial charge < -0.3 is 14.4 Å². The number of fused-ring (bicyclic) bond motifs is 1. The van der Waals surface area contributed by atoms with Gasteiger partial charge >= 0.3 is 0 Å². The van der Waals surface area contributed by atoms with E-state index in [0.717, 1.165) is 42.6 Å². The van der Waals surface area contributed by atoms with Crippen LogP contribution >= 0.6 is 0 Å². The average molecular weight is 402 g/mol. The molecule has 0 spiro atoms. The van der Waals surface area contributed by atoms with Crippen molar-refractivity contribution in [2.45, 2.75) is 43.7 Å². The largest absolute Gasteiger partial charge is 0.464 e. The van der Waals surface area contributed by atoms with E-state index in [1.807, 2.05) is 71.6 Å². The molecule has 1 amide bonds. The maximum absolute atomic E-state index is 13.5. The number of aliphatic hydroxyl groups is 1. The first kappa shape index (κ1) is 19.1. The third kappa shape index (κ3) is 3.25. The van der Waals surface area contributed by atoms with E-state index in [0.29, 0.717) is 18.5 Å². The summed E-state index contributed by atoms with van der Waals surface area (Å²) in [6, 6.07) is 21.5. The predicted octanol–water partition coefficient (Wildman–Crippen LogP) is 5.24. The fourth-order valence-corrected chi connectivity index (χ4v) is 5.43. The van der Waals surface area contributed by atoms with Gasteiger partial charge in [-0.15, -0.1) is 0 Å². The minimum absolute atomic E-state index is 0.0513. The van der Waals surface area contributed by atoms with Crippen molar-refractivity contribution < 1.29 is 14.3 Å². The molecule has 4 nitrogen and oxygen atoms in total. The average Bonchev–Trinajstić information content (AvgIpc) is 3.35. The number of amides is 1. The van der Waals surface area contributed by atoms with Crippen LogP contribution in [-0.4, -0.2) is 28.5 Å². The maximum Gasteiger partial charge on any atom is 0.254 e. The lowest BCUT2D eigenvalue weighted by Gasteiger charge is -2.52. The molecule has 0 bridgehead atoms. The number of likely N-dealkylation sites (tertiary alicyclic amines) is 1. The van der Waals surface area contributed by atoms with Gasteiger partial charge in [0.1, 0.15) is 5.76 Å². The van der Waals surface area contributed by atoms with E-state index in [2.05, 4.69) is 0 Å². The maximum atomic E-state index is 13.5. The SMILES string of the molecule is O=C(c1cccc(-c2ccco2)c1)N1CCC(O)(c2ccccc2)[C@@H]2CCCC[C@@H]21. The molecule has 2 heterocycles. The molecule has 1 saturated heterocycles. The van der Waals surface area contributed by atoms with Gasteiger partial charge in [-0.05, 0) is 49.1 Å².